The van der Waals surface area contributed by atoms with Gasteiger partial charge in [0.05, 0.1) is 5.69 Å². The van der Waals surface area contributed by atoms with E-state index in [9.17, 15) is 0 Å². The molecule has 0 radical (unpaired) electrons. The minimum absolute atomic E-state index is 0.572. The van der Waals surface area contributed by atoms with Gasteiger partial charge in [0.25, 0.3) is 0 Å². The van der Waals surface area contributed by atoms with Gasteiger partial charge in [0.15, 0.2) is 0 Å². The van der Waals surface area contributed by atoms with E-state index in [-0.39, 0.29) is 0 Å². The quantitative estimate of drug-likeness (QED) is 0.324. The van der Waals surface area contributed by atoms with Crippen LogP contribution >= 0.6 is 0 Å². The fourth-order valence-corrected chi connectivity index (χ4v) is 6.15. The second kappa shape index (κ2) is 11.1. The molecule has 0 aromatic heterocycles. The van der Waals surface area contributed by atoms with Crippen LogP contribution in [0.25, 0.3) is 0 Å². The number of hydrogen-bond donors (Lipinski definition) is 2. The molecular weight excluding hydrogens is 392 g/mol. The third-order valence-electron chi connectivity index (χ3n) is 8.16. The average molecular weight is 435 g/mol. The van der Waals surface area contributed by atoms with Crippen LogP contribution in [0.1, 0.15) is 95.5 Å². The summed E-state index contributed by atoms with van der Waals surface area (Å²) in [4.78, 5) is 0. The molecule has 0 amide bonds. The second-order valence-corrected chi connectivity index (χ2v) is 10.4. The van der Waals surface area contributed by atoms with E-state index >= 15 is 0 Å². The van der Waals surface area contributed by atoms with Crippen LogP contribution in [-0.4, -0.2) is 0 Å². The lowest BCUT2D eigenvalue weighted by Crippen LogP contribution is -2.25. The number of benzene rings is 2. The molecule has 0 bridgehead atoms. The molecule has 4 N–H and O–H groups in total. The van der Waals surface area contributed by atoms with E-state index in [0.29, 0.717) is 23.0 Å². The van der Waals surface area contributed by atoms with Gasteiger partial charge in [0.2, 0.25) is 0 Å². The Morgan fingerprint density at radius 1 is 0.781 bits per heavy atom. The SMILES string of the molecule is CCCCC[C@H]1CC[C@H](C2CCC(c3ccc(Oc4ccc(N)cc4N)cc3)CC2)CC1. The summed E-state index contributed by atoms with van der Waals surface area (Å²) in [5.74, 6) is 5.19. The molecular formula is C29H42N2O. The first-order chi connectivity index (χ1) is 15.6. The van der Waals surface area contributed by atoms with Crippen molar-refractivity contribution in [2.45, 2.75) is 89.9 Å². The summed E-state index contributed by atoms with van der Waals surface area (Å²) in [5, 5.41) is 0. The average Bonchev–Trinajstić information content (AvgIpc) is 2.82. The van der Waals surface area contributed by atoms with Gasteiger partial charge in [-0.05, 0) is 98.1 Å². The number of anilines is 2. The van der Waals surface area contributed by atoms with Crippen LogP contribution < -0.4 is 16.2 Å². The molecule has 0 atom stereocenters. The molecule has 32 heavy (non-hydrogen) atoms. The van der Waals surface area contributed by atoms with E-state index in [1.54, 1.807) is 6.07 Å². The molecule has 2 aromatic carbocycles. The Hall–Kier alpha value is -2.16. The largest absolute Gasteiger partial charge is 0.455 e. The number of rotatable bonds is 8. The molecule has 0 spiro atoms. The van der Waals surface area contributed by atoms with E-state index in [0.717, 1.165) is 23.5 Å². The van der Waals surface area contributed by atoms with Crippen molar-refractivity contribution in [3.05, 3.63) is 48.0 Å². The fourth-order valence-electron chi connectivity index (χ4n) is 6.15. The third-order valence-corrected chi connectivity index (χ3v) is 8.16. The monoisotopic (exact) mass is 434 g/mol. The number of unbranched alkanes of at least 4 members (excludes halogenated alkanes) is 2. The summed E-state index contributed by atoms with van der Waals surface area (Å²) in [6.07, 6.45) is 17.2. The van der Waals surface area contributed by atoms with Crippen molar-refractivity contribution in [1.82, 2.24) is 0 Å². The van der Waals surface area contributed by atoms with Crippen LogP contribution in [0.15, 0.2) is 42.5 Å². The van der Waals surface area contributed by atoms with Crippen molar-refractivity contribution in [3.8, 4) is 11.5 Å². The highest BCUT2D eigenvalue weighted by Crippen LogP contribution is 2.44. The molecule has 3 heteroatoms. The smallest absolute Gasteiger partial charge is 0.150 e. The lowest BCUT2D eigenvalue weighted by molar-refractivity contribution is 0.155. The molecule has 2 fully saturated rings. The van der Waals surface area contributed by atoms with Gasteiger partial charge in [0.1, 0.15) is 11.5 Å². The molecule has 4 rings (SSSR count). The number of ether oxygens (including phenoxy) is 1. The molecule has 0 saturated heterocycles. The summed E-state index contributed by atoms with van der Waals surface area (Å²) in [7, 11) is 0. The summed E-state index contributed by atoms with van der Waals surface area (Å²) in [6.45, 7) is 2.31. The zero-order valence-electron chi connectivity index (χ0n) is 19.9. The third kappa shape index (κ3) is 5.99. The molecule has 3 nitrogen and oxygen atoms in total. The van der Waals surface area contributed by atoms with Crippen LogP contribution in [0.4, 0.5) is 11.4 Å². The fraction of sp³-hybridized carbons (Fsp3) is 0.586. The Morgan fingerprint density at radius 2 is 1.44 bits per heavy atom. The standard InChI is InChI=1S/C29H42N2O/c1-2-3-4-5-21-6-8-22(9-7-21)23-10-12-24(13-11-23)25-14-17-27(18-15-25)32-29-19-16-26(30)20-28(29)31/h14-24H,2-13,30-31H2,1H3/t21-,22-,23?,24?. The van der Waals surface area contributed by atoms with Crippen LogP contribution in [0.3, 0.4) is 0 Å². The molecule has 2 aromatic rings. The zero-order valence-corrected chi connectivity index (χ0v) is 19.9. The summed E-state index contributed by atoms with van der Waals surface area (Å²) < 4.78 is 5.96. The number of nitrogens with two attached hydrogens (primary N) is 2. The van der Waals surface area contributed by atoms with Gasteiger partial charge in [-0.25, -0.2) is 0 Å². The van der Waals surface area contributed by atoms with Crippen molar-refractivity contribution in [2.24, 2.45) is 17.8 Å². The van der Waals surface area contributed by atoms with Crippen molar-refractivity contribution >= 4 is 11.4 Å². The first kappa shape index (κ1) is 23.0. The second-order valence-electron chi connectivity index (χ2n) is 10.4. The molecule has 0 unspecified atom stereocenters. The van der Waals surface area contributed by atoms with Crippen molar-refractivity contribution < 1.29 is 4.74 Å². The van der Waals surface area contributed by atoms with Crippen LogP contribution in [0, 0.1) is 17.8 Å². The minimum atomic E-state index is 0.572. The predicted molar refractivity (Wildman–Crippen MR) is 136 cm³/mol. The van der Waals surface area contributed by atoms with E-state index in [4.69, 9.17) is 16.2 Å². The van der Waals surface area contributed by atoms with Gasteiger partial charge < -0.3 is 16.2 Å². The number of nitrogen functional groups attached to an aromatic ring is 2. The summed E-state index contributed by atoms with van der Waals surface area (Å²) in [5.41, 5.74) is 14.5. The van der Waals surface area contributed by atoms with Crippen LogP contribution in [0.2, 0.25) is 0 Å². The first-order valence-corrected chi connectivity index (χ1v) is 13.0. The van der Waals surface area contributed by atoms with Gasteiger partial charge in [-0.15, -0.1) is 0 Å². The van der Waals surface area contributed by atoms with E-state index in [2.05, 4.69) is 31.2 Å². The highest BCUT2D eigenvalue weighted by Gasteiger charge is 2.31. The Bertz CT molecular complexity index is 831. The molecule has 2 aliphatic carbocycles. The van der Waals surface area contributed by atoms with E-state index < -0.39 is 0 Å². The summed E-state index contributed by atoms with van der Waals surface area (Å²) >= 11 is 0. The molecule has 0 aliphatic heterocycles. The van der Waals surface area contributed by atoms with Crippen LogP contribution in [0.5, 0.6) is 11.5 Å². The maximum atomic E-state index is 6.02. The Morgan fingerprint density at radius 3 is 2.06 bits per heavy atom. The first-order valence-electron chi connectivity index (χ1n) is 13.0. The van der Waals surface area contributed by atoms with E-state index in [1.807, 2.05) is 12.1 Å². The molecule has 2 aliphatic rings. The molecule has 174 valence electrons. The normalized spacial score (nSPS) is 26.0. The van der Waals surface area contributed by atoms with Gasteiger partial charge >= 0.3 is 0 Å². The molecule has 2 saturated carbocycles. The highest BCUT2D eigenvalue weighted by atomic mass is 16.5. The van der Waals surface area contributed by atoms with Gasteiger partial charge in [0, 0.05) is 5.69 Å². The van der Waals surface area contributed by atoms with Crippen LogP contribution in [-0.2, 0) is 0 Å². The van der Waals surface area contributed by atoms with Crippen molar-refractivity contribution in [3.63, 3.8) is 0 Å². The predicted octanol–water partition coefficient (Wildman–Crippen LogP) is 8.30. The van der Waals surface area contributed by atoms with Gasteiger partial charge in [-0.1, -0.05) is 57.6 Å². The van der Waals surface area contributed by atoms with Gasteiger partial charge in [-0.2, -0.15) is 0 Å². The minimum Gasteiger partial charge on any atom is -0.455 e. The van der Waals surface area contributed by atoms with Crippen molar-refractivity contribution in [2.75, 3.05) is 11.5 Å². The number of hydrogen-bond acceptors (Lipinski definition) is 3. The Balaban J connectivity index is 1.23. The zero-order chi connectivity index (χ0) is 22.3. The van der Waals surface area contributed by atoms with Gasteiger partial charge in [-0.3, -0.25) is 0 Å². The highest BCUT2D eigenvalue weighted by molar-refractivity contribution is 5.61. The topological polar surface area (TPSA) is 61.3 Å². The summed E-state index contributed by atoms with van der Waals surface area (Å²) in [6, 6.07) is 14.0. The van der Waals surface area contributed by atoms with E-state index in [1.165, 1.54) is 82.6 Å². The maximum Gasteiger partial charge on any atom is 0.150 e. The maximum absolute atomic E-state index is 6.02. The lowest BCUT2D eigenvalue weighted by Gasteiger charge is -2.38. The molecule has 0 heterocycles. The van der Waals surface area contributed by atoms with Crippen molar-refractivity contribution in [1.29, 1.82) is 0 Å². The lowest BCUT2D eigenvalue weighted by atomic mass is 9.68. The Labute approximate surface area is 194 Å². The Kier molecular flexibility index (Phi) is 8.00.